The number of amides is 1. The summed E-state index contributed by atoms with van der Waals surface area (Å²) in [4.78, 5) is 12.3. The molecule has 6 heteroatoms. The van der Waals surface area contributed by atoms with Gasteiger partial charge in [-0.15, -0.1) is 0 Å². The van der Waals surface area contributed by atoms with E-state index in [2.05, 4.69) is 17.5 Å². The second-order valence-corrected chi connectivity index (χ2v) is 6.17. The van der Waals surface area contributed by atoms with Gasteiger partial charge in [0, 0.05) is 5.02 Å². The van der Waals surface area contributed by atoms with Gasteiger partial charge in [0.2, 0.25) is 0 Å². The van der Waals surface area contributed by atoms with Gasteiger partial charge in [-0.2, -0.15) is 5.10 Å². The predicted molar refractivity (Wildman–Crippen MR) is 103 cm³/mol. The molecule has 0 saturated carbocycles. The molecule has 0 aromatic heterocycles. The van der Waals surface area contributed by atoms with Crippen molar-refractivity contribution in [3.05, 3.63) is 63.6 Å². The van der Waals surface area contributed by atoms with Crippen molar-refractivity contribution in [3.63, 3.8) is 0 Å². The highest BCUT2D eigenvalue weighted by Crippen LogP contribution is 2.21. The first-order valence-corrected chi connectivity index (χ1v) is 8.86. The molecule has 0 heterocycles. The summed E-state index contributed by atoms with van der Waals surface area (Å²) < 4.78 is 5.44. The highest BCUT2D eigenvalue weighted by Gasteiger charge is 2.11. The lowest BCUT2D eigenvalue weighted by Gasteiger charge is -2.09. The van der Waals surface area contributed by atoms with Crippen molar-refractivity contribution >= 4 is 34.8 Å². The third-order valence-corrected chi connectivity index (χ3v) is 4.00. The van der Waals surface area contributed by atoms with E-state index in [1.165, 1.54) is 6.07 Å². The van der Waals surface area contributed by atoms with Crippen molar-refractivity contribution in [3.8, 4) is 5.75 Å². The topological polar surface area (TPSA) is 50.7 Å². The third kappa shape index (κ3) is 5.48. The van der Waals surface area contributed by atoms with Gasteiger partial charge in [-0.25, -0.2) is 5.43 Å². The van der Waals surface area contributed by atoms with Gasteiger partial charge in [0.25, 0.3) is 5.91 Å². The molecule has 132 valence electrons. The Balaban J connectivity index is 2.17. The third-order valence-electron chi connectivity index (χ3n) is 3.45. The highest BCUT2D eigenvalue weighted by atomic mass is 35.5. The summed E-state index contributed by atoms with van der Waals surface area (Å²) in [5, 5.41) is 5.05. The Morgan fingerprint density at radius 2 is 1.84 bits per heavy atom. The zero-order valence-electron chi connectivity index (χ0n) is 14.2. The van der Waals surface area contributed by atoms with E-state index < -0.39 is 0 Å². The molecule has 4 nitrogen and oxygen atoms in total. The van der Waals surface area contributed by atoms with Crippen LogP contribution >= 0.6 is 23.2 Å². The Bertz CT molecular complexity index is 759. The van der Waals surface area contributed by atoms with E-state index in [0.717, 1.165) is 29.9 Å². The zero-order valence-corrected chi connectivity index (χ0v) is 15.7. The van der Waals surface area contributed by atoms with E-state index in [4.69, 9.17) is 27.9 Å². The fourth-order valence-corrected chi connectivity index (χ4v) is 2.76. The molecule has 2 rings (SSSR count). The van der Waals surface area contributed by atoms with E-state index in [-0.39, 0.29) is 5.91 Å². The number of carbonyl (C=O) groups is 1. The Hall–Kier alpha value is -2.04. The number of carbonyl (C=O) groups excluding carboxylic acids is 1. The molecule has 0 spiro atoms. The molecule has 2 aromatic carbocycles. The largest absolute Gasteiger partial charge is 0.494 e. The highest BCUT2D eigenvalue weighted by molar-refractivity contribution is 6.36. The normalized spacial score (nSPS) is 11.3. The first-order chi connectivity index (χ1) is 12.0. The number of hydrogen-bond acceptors (Lipinski definition) is 3. The summed E-state index contributed by atoms with van der Waals surface area (Å²) in [6.07, 6.45) is 1.65. The first kappa shape index (κ1) is 19.3. The summed E-state index contributed by atoms with van der Waals surface area (Å²) >= 11 is 11.9. The Kier molecular flexibility index (Phi) is 7.29. The van der Waals surface area contributed by atoms with Gasteiger partial charge in [-0.1, -0.05) is 36.5 Å². The summed E-state index contributed by atoms with van der Waals surface area (Å²) in [6.45, 7) is 4.62. The number of hydrogen-bond donors (Lipinski definition) is 1. The molecular formula is C19H20Cl2N2O2. The molecule has 0 bridgehead atoms. The van der Waals surface area contributed by atoms with Gasteiger partial charge in [0.15, 0.2) is 0 Å². The van der Waals surface area contributed by atoms with Gasteiger partial charge in [0.05, 0.1) is 22.9 Å². The Morgan fingerprint density at radius 1 is 1.12 bits per heavy atom. The lowest BCUT2D eigenvalue weighted by Crippen LogP contribution is -2.20. The summed E-state index contributed by atoms with van der Waals surface area (Å²) in [5.74, 6) is 0.431. The lowest BCUT2D eigenvalue weighted by molar-refractivity contribution is 0.0955. The van der Waals surface area contributed by atoms with Crippen molar-refractivity contribution in [1.29, 1.82) is 0 Å². The maximum atomic E-state index is 12.3. The predicted octanol–water partition coefficient (Wildman–Crippen LogP) is 5.33. The van der Waals surface area contributed by atoms with E-state index >= 15 is 0 Å². The maximum Gasteiger partial charge on any atom is 0.272 e. The second kappa shape index (κ2) is 9.44. The van der Waals surface area contributed by atoms with Crippen LogP contribution in [0.3, 0.4) is 0 Å². The van der Waals surface area contributed by atoms with E-state index in [1.807, 2.05) is 31.2 Å². The molecule has 0 aliphatic heterocycles. The lowest BCUT2D eigenvalue weighted by atomic mass is 10.1. The van der Waals surface area contributed by atoms with Crippen LogP contribution in [0.1, 0.15) is 42.6 Å². The van der Waals surface area contributed by atoms with Crippen LogP contribution in [-0.4, -0.2) is 18.2 Å². The van der Waals surface area contributed by atoms with Gasteiger partial charge < -0.3 is 4.74 Å². The molecular weight excluding hydrogens is 359 g/mol. The molecule has 0 fully saturated rings. The van der Waals surface area contributed by atoms with Gasteiger partial charge in [-0.3, -0.25) is 4.79 Å². The molecule has 0 radical (unpaired) electrons. The standard InChI is InChI=1S/C19H20Cl2N2O2/c1-3-5-18(13-6-9-15(10-7-13)25-4-2)22-23-19(24)16-11-8-14(20)12-17(16)21/h6-12H,3-5H2,1-2H3,(H,23,24)/b22-18+. The first-order valence-electron chi connectivity index (χ1n) is 8.10. The molecule has 0 unspecified atom stereocenters. The minimum Gasteiger partial charge on any atom is -0.494 e. The molecule has 25 heavy (non-hydrogen) atoms. The maximum absolute atomic E-state index is 12.3. The molecule has 0 aliphatic carbocycles. The molecule has 1 amide bonds. The van der Waals surface area contributed by atoms with Crippen molar-refractivity contribution in [2.75, 3.05) is 6.61 Å². The van der Waals surface area contributed by atoms with Gasteiger partial charge in [-0.05, 0) is 61.4 Å². The summed E-state index contributed by atoms with van der Waals surface area (Å²) in [5.41, 5.74) is 4.64. The molecule has 0 atom stereocenters. The van der Waals surface area contributed by atoms with Crippen molar-refractivity contribution in [2.45, 2.75) is 26.7 Å². The van der Waals surface area contributed by atoms with Crippen molar-refractivity contribution in [2.24, 2.45) is 5.10 Å². The van der Waals surface area contributed by atoms with Crippen molar-refractivity contribution in [1.82, 2.24) is 5.43 Å². The number of nitrogens with zero attached hydrogens (tertiary/aromatic N) is 1. The molecule has 1 N–H and O–H groups in total. The van der Waals surface area contributed by atoms with Crippen molar-refractivity contribution < 1.29 is 9.53 Å². The van der Waals surface area contributed by atoms with Crippen LogP contribution in [0.25, 0.3) is 0 Å². The van der Waals surface area contributed by atoms with Crippen LogP contribution in [0, 0.1) is 0 Å². The van der Waals surface area contributed by atoms with Gasteiger partial charge in [0.1, 0.15) is 5.75 Å². The van der Waals surface area contributed by atoms with E-state index in [9.17, 15) is 4.79 Å². The Morgan fingerprint density at radius 3 is 2.44 bits per heavy atom. The minimum absolute atomic E-state index is 0.290. The smallest absolute Gasteiger partial charge is 0.272 e. The van der Waals surface area contributed by atoms with Crippen LogP contribution in [-0.2, 0) is 0 Å². The number of rotatable bonds is 7. The molecule has 0 aliphatic rings. The number of hydrazone groups is 1. The average molecular weight is 379 g/mol. The van der Waals surface area contributed by atoms with Crippen LogP contribution in [0.5, 0.6) is 5.75 Å². The quantitative estimate of drug-likeness (QED) is 0.522. The van der Waals surface area contributed by atoms with Crippen LogP contribution < -0.4 is 10.2 Å². The number of ether oxygens (including phenoxy) is 1. The number of benzene rings is 2. The fourth-order valence-electron chi connectivity index (χ4n) is 2.26. The Labute approximate surface area is 157 Å². The number of nitrogens with one attached hydrogen (secondary N) is 1. The number of halogens is 2. The van der Waals surface area contributed by atoms with Crippen LogP contribution in [0.15, 0.2) is 47.6 Å². The molecule has 0 saturated heterocycles. The SMILES string of the molecule is CCC/C(=N\NC(=O)c1ccc(Cl)cc1Cl)c1ccc(OCC)cc1. The van der Waals surface area contributed by atoms with E-state index in [1.54, 1.807) is 12.1 Å². The average Bonchev–Trinajstić information content (AvgIpc) is 2.59. The summed E-state index contributed by atoms with van der Waals surface area (Å²) in [6, 6.07) is 12.4. The molecule has 2 aromatic rings. The van der Waals surface area contributed by atoms with Crippen LogP contribution in [0.2, 0.25) is 10.0 Å². The van der Waals surface area contributed by atoms with E-state index in [0.29, 0.717) is 22.2 Å². The fraction of sp³-hybridized carbons (Fsp3) is 0.263. The minimum atomic E-state index is -0.374. The zero-order chi connectivity index (χ0) is 18.2. The second-order valence-electron chi connectivity index (χ2n) is 5.33. The summed E-state index contributed by atoms with van der Waals surface area (Å²) in [7, 11) is 0. The van der Waals surface area contributed by atoms with Gasteiger partial charge >= 0.3 is 0 Å². The monoisotopic (exact) mass is 378 g/mol. The van der Waals surface area contributed by atoms with Crippen LogP contribution in [0.4, 0.5) is 0 Å².